The Morgan fingerprint density at radius 1 is 1.38 bits per heavy atom. The van der Waals surface area contributed by atoms with Crippen LogP contribution in [-0.2, 0) is 9.59 Å². The number of nitriles is 1. The van der Waals surface area contributed by atoms with E-state index < -0.39 is 11.7 Å². The van der Waals surface area contributed by atoms with Gasteiger partial charge < -0.3 is 15.1 Å². The van der Waals surface area contributed by atoms with Crippen molar-refractivity contribution in [2.45, 2.75) is 12.3 Å². The molecule has 132 valence electrons. The van der Waals surface area contributed by atoms with Gasteiger partial charge in [0.1, 0.15) is 11.6 Å². The van der Waals surface area contributed by atoms with E-state index in [1.54, 1.807) is 12.1 Å². The SMILES string of the molecule is N#CC1=C(SCC(=O)Nc2ccc(F)cc2)NC(=O)C[C@@H]1c1ccco1. The average molecular weight is 371 g/mol. The van der Waals surface area contributed by atoms with E-state index in [4.69, 9.17) is 4.42 Å². The molecule has 0 fully saturated rings. The number of rotatable bonds is 5. The molecule has 1 aliphatic heterocycles. The highest BCUT2D eigenvalue weighted by Gasteiger charge is 2.31. The number of amides is 2. The summed E-state index contributed by atoms with van der Waals surface area (Å²) in [6, 6.07) is 10.9. The molecule has 0 aliphatic carbocycles. The van der Waals surface area contributed by atoms with Crippen molar-refractivity contribution in [3.8, 4) is 6.07 Å². The third-order valence-corrected chi connectivity index (χ3v) is 4.74. The highest BCUT2D eigenvalue weighted by Crippen LogP contribution is 2.36. The number of nitrogens with zero attached hydrogens (tertiary/aromatic N) is 1. The molecule has 1 atom stereocenters. The van der Waals surface area contributed by atoms with Gasteiger partial charge in [0.05, 0.1) is 34.6 Å². The second-order valence-electron chi connectivity index (χ2n) is 5.52. The van der Waals surface area contributed by atoms with Gasteiger partial charge in [-0.15, -0.1) is 0 Å². The van der Waals surface area contributed by atoms with Crippen LogP contribution in [0.5, 0.6) is 0 Å². The largest absolute Gasteiger partial charge is 0.469 e. The summed E-state index contributed by atoms with van der Waals surface area (Å²) in [5.41, 5.74) is 0.826. The summed E-state index contributed by atoms with van der Waals surface area (Å²) >= 11 is 1.06. The number of hydrogen-bond acceptors (Lipinski definition) is 5. The second kappa shape index (κ2) is 7.89. The Kier molecular flexibility index (Phi) is 5.39. The van der Waals surface area contributed by atoms with Crippen molar-refractivity contribution in [3.63, 3.8) is 0 Å². The van der Waals surface area contributed by atoms with Crippen LogP contribution >= 0.6 is 11.8 Å². The Morgan fingerprint density at radius 2 is 2.15 bits per heavy atom. The van der Waals surface area contributed by atoms with Crippen molar-refractivity contribution in [2.24, 2.45) is 0 Å². The van der Waals surface area contributed by atoms with Crippen molar-refractivity contribution < 1.29 is 18.4 Å². The summed E-state index contributed by atoms with van der Waals surface area (Å²) < 4.78 is 18.2. The predicted molar refractivity (Wildman–Crippen MR) is 94.3 cm³/mol. The minimum absolute atomic E-state index is 0.0109. The van der Waals surface area contributed by atoms with E-state index >= 15 is 0 Å². The van der Waals surface area contributed by atoms with Crippen molar-refractivity contribution >= 4 is 29.3 Å². The van der Waals surface area contributed by atoms with Gasteiger partial charge in [-0.25, -0.2) is 4.39 Å². The fourth-order valence-electron chi connectivity index (χ4n) is 2.53. The summed E-state index contributed by atoms with van der Waals surface area (Å²) in [6.45, 7) is 0. The van der Waals surface area contributed by atoms with Crippen molar-refractivity contribution in [1.82, 2.24) is 5.32 Å². The molecule has 0 bridgehead atoms. The lowest BCUT2D eigenvalue weighted by molar-refractivity contribution is -0.121. The summed E-state index contributed by atoms with van der Waals surface area (Å²) in [5.74, 6) is -0.914. The molecule has 2 amide bonds. The molecule has 26 heavy (non-hydrogen) atoms. The maximum absolute atomic E-state index is 12.9. The average Bonchev–Trinajstić information content (AvgIpc) is 3.16. The monoisotopic (exact) mass is 371 g/mol. The van der Waals surface area contributed by atoms with Gasteiger partial charge in [-0.05, 0) is 36.4 Å². The highest BCUT2D eigenvalue weighted by molar-refractivity contribution is 8.03. The number of thioether (sulfide) groups is 1. The van der Waals surface area contributed by atoms with E-state index in [9.17, 15) is 19.2 Å². The van der Waals surface area contributed by atoms with Crippen molar-refractivity contribution in [2.75, 3.05) is 11.1 Å². The van der Waals surface area contributed by atoms with Crippen LogP contribution in [0.15, 0.2) is 57.7 Å². The molecule has 1 aromatic carbocycles. The van der Waals surface area contributed by atoms with Crippen molar-refractivity contribution in [1.29, 1.82) is 5.26 Å². The lowest BCUT2D eigenvalue weighted by Gasteiger charge is -2.23. The first-order valence-corrected chi connectivity index (χ1v) is 8.71. The first kappa shape index (κ1) is 17.8. The molecule has 1 aromatic heterocycles. The smallest absolute Gasteiger partial charge is 0.234 e. The zero-order chi connectivity index (χ0) is 18.5. The van der Waals surface area contributed by atoms with Gasteiger partial charge in [-0.3, -0.25) is 9.59 Å². The standard InChI is InChI=1S/C18H14FN3O3S/c19-11-3-5-12(6-4-11)21-17(24)10-26-18-14(9-20)13(8-16(23)22-18)15-2-1-7-25-15/h1-7,13H,8,10H2,(H,21,24)(H,22,23)/t13-/m0/s1. The summed E-state index contributed by atoms with van der Waals surface area (Å²) in [6.07, 6.45) is 1.60. The number of allylic oxidation sites excluding steroid dienone is 1. The Morgan fingerprint density at radius 3 is 2.81 bits per heavy atom. The van der Waals surface area contributed by atoms with E-state index in [0.29, 0.717) is 22.0 Å². The number of anilines is 1. The van der Waals surface area contributed by atoms with Crippen LogP contribution in [0.25, 0.3) is 0 Å². The fraction of sp³-hybridized carbons (Fsp3) is 0.167. The number of benzene rings is 1. The van der Waals surface area contributed by atoms with Crippen LogP contribution in [-0.4, -0.2) is 17.6 Å². The van der Waals surface area contributed by atoms with Crippen LogP contribution in [0, 0.1) is 17.1 Å². The quantitative estimate of drug-likeness (QED) is 0.842. The summed E-state index contributed by atoms with van der Waals surface area (Å²) in [5, 5.41) is 15.1. The lowest BCUT2D eigenvalue weighted by atomic mass is 9.92. The Labute approximate surface area is 153 Å². The molecule has 0 spiro atoms. The van der Waals surface area contributed by atoms with Gasteiger partial charge in [-0.1, -0.05) is 11.8 Å². The first-order chi connectivity index (χ1) is 12.6. The second-order valence-corrected chi connectivity index (χ2v) is 6.50. The van der Waals surface area contributed by atoms with Gasteiger partial charge in [0, 0.05) is 12.1 Å². The molecule has 2 heterocycles. The molecule has 0 radical (unpaired) electrons. The first-order valence-electron chi connectivity index (χ1n) is 7.72. The topological polar surface area (TPSA) is 95.1 Å². The number of nitrogens with one attached hydrogen (secondary N) is 2. The molecular weight excluding hydrogens is 357 g/mol. The van der Waals surface area contributed by atoms with Gasteiger partial charge in [0.15, 0.2) is 0 Å². The minimum atomic E-state index is -0.466. The van der Waals surface area contributed by atoms with Gasteiger partial charge in [0.25, 0.3) is 0 Å². The van der Waals surface area contributed by atoms with Gasteiger partial charge in [0.2, 0.25) is 11.8 Å². The molecule has 3 rings (SSSR count). The van der Waals surface area contributed by atoms with Crippen LogP contribution in [0.2, 0.25) is 0 Å². The predicted octanol–water partition coefficient (Wildman–Crippen LogP) is 3.13. The zero-order valence-electron chi connectivity index (χ0n) is 13.5. The highest BCUT2D eigenvalue weighted by atomic mass is 32.2. The molecule has 0 saturated heterocycles. The van der Waals surface area contributed by atoms with E-state index in [-0.39, 0.29) is 24.0 Å². The molecular formula is C18H14FN3O3S. The fourth-order valence-corrected chi connectivity index (χ4v) is 3.41. The lowest BCUT2D eigenvalue weighted by Crippen LogP contribution is -2.31. The van der Waals surface area contributed by atoms with Crippen molar-refractivity contribution in [3.05, 3.63) is 64.8 Å². The maximum atomic E-state index is 12.9. The Hall–Kier alpha value is -3.05. The van der Waals surface area contributed by atoms with Crippen LogP contribution < -0.4 is 10.6 Å². The number of hydrogen-bond donors (Lipinski definition) is 2. The molecule has 1 aliphatic rings. The Bertz CT molecular complexity index is 885. The number of carbonyl (C=O) groups is 2. The summed E-state index contributed by atoms with van der Waals surface area (Å²) in [7, 11) is 0. The normalized spacial score (nSPS) is 16.8. The third-order valence-electron chi connectivity index (χ3n) is 3.72. The van der Waals surface area contributed by atoms with Crippen LogP contribution in [0.3, 0.4) is 0 Å². The zero-order valence-corrected chi connectivity index (χ0v) is 14.3. The van der Waals surface area contributed by atoms with Crippen LogP contribution in [0.1, 0.15) is 18.1 Å². The summed E-state index contributed by atoms with van der Waals surface area (Å²) in [4.78, 5) is 24.0. The maximum Gasteiger partial charge on any atom is 0.234 e. The molecule has 6 nitrogen and oxygen atoms in total. The molecule has 0 unspecified atom stereocenters. The molecule has 0 saturated carbocycles. The number of carbonyl (C=O) groups excluding carboxylic acids is 2. The van der Waals surface area contributed by atoms with Crippen LogP contribution in [0.4, 0.5) is 10.1 Å². The Balaban J connectivity index is 1.70. The number of halogens is 1. The molecule has 8 heteroatoms. The minimum Gasteiger partial charge on any atom is -0.469 e. The van der Waals surface area contributed by atoms with E-state index in [0.717, 1.165) is 11.8 Å². The van der Waals surface area contributed by atoms with E-state index in [1.165, 1.54) is 30.5 Å². The molecule has 2 N–H and O–H groups in total. The molecule has 2 aromatic rings. The third kappa shape index (κ3) is 4.13. The number of furan rings is 1. The van der Waals surface area contributed by atoms with E-state index in [2.05, 4.69) is 16.7 Å². The van der Waals surface area contributed by atoms with Gasteiger partial charge >= 0.3 is 0 Å². The van der Waals surface area contributed by atoms with Gasteiger partial charge in [-0.2, -0.15) is 5.26 Å². The van der Waals surface area contributed by atoms with E-state index in [1.807, 2.05) is 0 Å².